The van der Waals surface area contributed by atoms with Crippen LogP contribution in [0.15, 0.2) is 67.0 Å². The zero-order chi connectivity index (χ0) is 23.8. The average molecular weight is 451 g/mol. The summed E-state index contributed by atoms with van der Waals surface area (Å²) in [5.41, 5.74) is 4.21. The van der Waals surface area contributed by atoms with Gasteiger partial charge in [0.1, 0.15) is 5.82 Å². The third-order valence-corrected chi connectivity index (χ3v) is 5.55. The first-order valence-electron chi connectivity index (χ1n) is 10.7. The molecule has 0 saturated carbocycles. The van der Waals surface area contributed by atoms with Crippen LogP contribution in [0.3, 0.4) is 0 Å². The van der Waals surface area contributed by atoms with Crippen molar-refractivity contribution in [1.82, 2.24) is 14.5 Å². The van der Waals surface area contributed by atoms with Crippen molar-refractivity contribution in [3.8, 4) is 22.5 Å². The molecule has 33 heavy (non-hydrogen) atoms. The summed E-state index contributed by atoms with van der Waals surface area (Å²) in [6.45, 7) is 5.20. The Balaban J connectivity index is 1.57. The summed E-state index contributed by atoms with van der Waals surface area (Å²) in [7, 11) is 0. The molecule has 0 bridgehead atoms. The Morgan fingerprint density at radius 3 is 2.39 bits per heavy atom. The minimum atomic E-state index is -4.48. The van der Waals surface area contributed by atoms with Gasteiger partial charge in [-0.2, -0.15) is 13.2 Å². The summed E-state index contributed by atoms with van der Waals surface area (Å²) in [4.78, 5) is 19.0. The second kappa shape index (κ2) is 8.73. The lowest BCUT2D eigenvalue weighted by molar-refractivity contribution is -0.140. The van der Waals surface area contributed by atoms with Crippen molar-refractivity contribution in [2.45, 2.75) is 39.4 Å². The molecule has 2 aromatic heterocycles. The van der Waals surface area contributed by atoms with Gasteiger partial charge >= 0.3 is 6.18 Å². The molecular weight excluding hydrogens is 427 g/mol. The molecule has 0 unspecified atom stereocenters. The number of aromatic amines is 1. The first-order chi connectivity index (χ1) is 15.6. The van der Waals surface area contributed by atoms with E-state index in [1.165, 1.54) is 0 Å². The number of halogens is 3. The van der Waals surface area contributed by atoms with Gasteiger partial charge in [0.05, 0.1) is 0 Å². The quantitative estimate of drug-likeness (QED) is 0.323. The number of imidazole rings is 1. The van der Waals surface area contributed by atoms with Crippen LogP contribution < -0.4 is 0 Å². The number of carbonyl (C=O) groups excluding carboxylic acids is 1. The summed E-state index contributed by atoms with van der Waals surface area (Å²) in [6.07, 6.45) is -0.924. The highest BCUT2D eigenvalue weighted by molar-refractivity contribution is 6.00. The Hall–Kier alpha value is -3.61. The van der Waals surface area contributed by atoms with Crippen molar-refractivity contribution in [2.24, 2.45) is 0 Å². The molecule has 0 radical (unpaired) electrons. The number of rotatable bonds is 6. The Kier molecular flexibility index (Phi) is 5.97. The maximum atomic E-state index is 13.2. The Bertz CT molecular complexity index is 1280. The molecule has 4 nitrogen and oxygen atoms in total. The second-order valence-electron chi connectivity index (χ2n) is 8.34. The number of nitrogens with zero attached hydrogens (tertiary/aromatic N) is 2. The van der Waals surface area contributed by atoms with Crippen LogP contribution in [0.1, 0.15) is 54.1 Å². The number of hydrogen-bond acceptors (Lipinski definition) is 2. The zero-order valence-electron chi connectivity index (χ0n) is 18.6. The molecule has 4 aromatic rings. The molecule has 170 valence electrons. The number of alkyl halides is 3. The lowest BCUT2D eigenvalue weighted by Gasteiger charge is -2.11. The SMILES string of the molecule is CC(=O)c1ccccc1-c1c[nH]c(Cc2ccc(-c3nc(C(F)(F)F)cn3C(C)C)cc2)c1. The lowest BCUT2D eigenvalue weighted by atomic mass is 9.99. The van der Waals surface area contributed by atoms with Gasteiger partial charge in [-0.05, 0) is 38.0 Å². The molecule has 2 heterocycles. The standard InChI is InChI=1S/C26H24F3N3O/c1-16(2)32-15-24(26(27,28)29)31-25(32)19-10-8-18(9-11-19)12-21-13-20(14-30-21)23-7-5-4-6-22(23)17(3)33/h4-11,13-16,30H,12H2,1-3H3. The van der Waals surface area contributed by atoms with Crippen molar-refractivity contribution in [1.29, 1.82) is 0 Å². The van der Waals surface area contributed by atoms with E-state index in [1.54, 1.807) is 23.6 Å². The molecule has 2 aromatic carbocycles. The normalized spacial score (nSPS) is 11.8. The fraction of sp³-hybridized carbons (Fsp3) is 0.231. The number of H-pyrrole nitrogens is 1. The number of benzene rings is 2. The lowest BCUT2D eigenvalue weighted by Crippen LogP contribution is -2.05. The Labute approximate surface area is 190 Å². The average Bonchev–Trinajstić information content (AvgIpc) is 3.42. The second-order valence-corrected chi connectivity index (χ2v) is 8.34. The van der Waals surface area contributed by atoms with E-state index in [4.69, 9.17) is 0 Å². The smallest absolute Gasteiger partial charge is 0.364 e. The first kappa shape index (κ1) is 22.6. The molecule has 7 heteroatoms. The summed E-state index contributed by atoms with van der Waals surface area (Å²) in [6, 6.07) is 16.7. The third kappa shape index (κ3) is 4.77. The van der Waals surface area contributed by atoms with Gasteiger partial charge in [0.15, 0.2) is 11.5 Å². The number of ketones is 1. The molecule has 4 rings (SSSR count). The number of aromatic nitrogens is 3. The third-order valence-electron chi connectivity index (χ3n) is 5.55. The van der Waals surface area contributed by atoms with Crippen molar-refractivity contribution >= 4 is 5.78 Å². The highest BCUT2D eigenvalue weighted by Gasteiger charge is 2.35. The maximum absolute atomic E-state index is 13.2. The van der Waals surface area contributed by atoms with Crippen LogP contribution in [-0.4, -0.2) is 20.3 Å². The van der Waals surface area contributed by atoms with E-state index in [0.717, 1.165) is 28.6 Å². The largest absolute Gasteiger partial charge is 0.434 e. The van der Waals surface area contributed by atoms with Crippen molar-refractivity contribution < 1.29 is 18.0 Å². The monoisotopic (exact) mass is 451 g/mol. The van der Waals surface area contributed by atoms with Gasteiger partial charge in [-0.1, -0.05) is 48.5 Å². The molecule has 0 aliphatic carbocycles. The summed E-state index contributed by atoms with van der Waals surface area (Å²) in [5, 5.41) is 0. The van der Waals surface area contributed by atoms with Gasteiger partial charge < -0.3 is 9.55 Å². The highest BCUT2D eigenvalue weighted by atomic mass is 19.4. The van der Waals surface area contributed by atoms with E-state index in [9.17, 15) is 18.0 Å². The van der Waals surface area contributed by atoms with Gasteiger partial charge in [-0.25, -0.2) is 4.98 Å². The van der Waals surface area contributed by atoms with Gasteiger partial charge in [0.2, 0.25) is 0 Å². The van der Waals surface area contributed by atoms with Crippen LogP contribution in [0.5, 0.6) is 0 Å². The Morgan fingerprint density at radius 2 is 1.76 bits per heavy atom. The number of carbonyl (C=O) groups is 1. The Morgan fingerprint density at radius 1 is 1.06 bits per heavy atom. The topological polar surface area (TPSA) is 50.7 Å². The van der Waals surface area contributed by atoms with Gasteiger partial charge in [0, 0.05) is 47.2 Å². The van der Waals surface area contributed by atoms with Crippen molar-refractivity contribution in [2.75, 3.05) is 0 Å². The minimum Gasteiger partial charge on any atom is -0.364 e. The van der Waals surface area contributed by atoms with Crippen LogP contribution in [0.4, 0.5) is 13.2 Å². The fourth-order valence-electron chi connectivity index (χ4n) is 3.87. The minimum absolute atomic E-state index is 0.0115. The van der Waals surface area contributed by atoms with E-state index in [2.05, 4.69) is 9.97 Å². The van der Waals surface area contributed by atoms with E-state index < -0.39 is 11.9 Å². The fourth-order valence-corrected chi connectivity index (χ4v) is 3.87. The zero-order valence-corrected chi connectivity index (χ0v) is 18.6. The highest BCUT2D eigenvalue weighted by Crippen LogP contribution is 2.33. The van der Waals surface area contributed by atoms with Gasteiger partial charge in [0.25, 0.3) is 0 Å². The van der Waals surface area contributed by atoms with Crippen LogP contribution in [0.25, 0.3) is 22.5 Å². The van der Waals surface area contributed by atoms with Gasteiger partial charge in [-0.3, -0.25) is 4.79 Å². The molecule has 0 atom stereocenters. The molecule has 0 saturated heterocycles. The van der Waals surface area contributed by atoms with E-state index in [1.807, 2.05) is 62.5 Å². The molecule has 0 fully saturated rings. The van der Waals surface area contributed by atoms with Crippen LogP contribution >= 0.6 is 0 Å². The summed E-state index contributed by atoms with van der Waals surface area (Å²) >= 11 is 0. The van der Waals surface area contributed by atoms with Crippen LogP contribution in [-0.2, 0) is 12.6 Å². The van der Waals surface area contributed by atoms with E-state index in [0.29, 0.717) is 23.4 Å². The summed E-state index contributed by atoms with van der Waals surface area (Å²) < 4.78 is 41.0. The molecule has 0 aliphatic heterocycles. The van der Waals surface area contributed by atoms with Crippen LogP contribution in [0, 0.1) is 0 Å². The first-order valence-corrected chi connectivity index (χ1v) is 10.7. The predicted octanol–water partition coefficient (Wildman–Crippen LogP) is 6.94. The molecular formula is C26H24F3N3O. The van der Waals surface area contributed by atoms with Crippen molar-refractivity contribution in [3.63, 3.8) is 0 Å². The van der Waals surface area contributed by atoms with E-state index >= 15 is 0 Å². The van der Waals surface area contributed by atoms with Crippen LogP contribution in [0.2, 0.25) is 0 Å². The predicted molar refractivity (Wildman–Crippen MR) is 122 cm³/mol. The van der Waals surface area contributed by atoms with Crippen molar-refractivity contribution in [3.05, 3.63) is 89.5 Å². The molecule has 0 aliphatic rings. The van der Waals surface area contributed by atoms with Gasteiger partial charge in [-0.15, -0.1) is 0 Å². The maximum Gasteiger partial charge on any atom is 0.434 e. The summed E-state index contributed by atoms with van der Waals surface area (Å²) in [5.74, 6) is 0.309. The number of nitrogens with one attached hydrogen (secondary N) is 1. The molecule has 0 amide bonds. The number of hydrogen-bond donors (Lipinski definition) is 1. The van der Waals surface area contributed by atoms with E-state index in [-0.39, 0.29) is 11.8 Å². The molecule has 1 N–H and O–H groups in total. The molecule has 0 spiro atoms. The number of Topliss-reactive ketones (excluding diaryl/α,β-unsaturated/α-hetero) is 1.